The van der Waals surface area contributed by atoms with E-state index in [1.165, 1.54) is 0 Å². The van der Waals surface area contributed by atoms with Gasteiger partial charge in [-0.05, 0) is 34.1 Å². The van der Waals surface area contributed by atoms with Crippen molar-refractivity contribution in [2.75, 3.05) is 5.32 Å². The molecule has 5 nitrogen and oxygen atoms in total. The zero-order chi connectivity index (χ0) is 20.9. The van der Waals surface area contributed by atoms with E-state index in [1.54, 1.807) is 20.8 Å². The summed E-state index contributed by atoms with van der Waals surface area (Å²) in [6.45, 7) is 7.58. The van der Waals surface area contributed by atoms with E-state index in [-0.39, 0.29) is 6.42 Å². The van der Waals surface area contributed by atoms with Crippen molar-refractivity contribution in [2.45, 2.75) is 65.5 Å². The van der Waals surface area contributed by atoms with Gasteiger partial charge in [0.1, 0.15) is 17.3 Å². The molecule has 1 aromatic carbocycles. The maximum Gasteiger partial charge on any atom is 0.408 e. The van der Waals surface area contributed by atoms with Crippen LogP contribution in [-0.2, 0) is 9.53 Å². The Kier molecular flexibility index (Phi) is 7.62. The van der Waals surface area contributed by atoms with Gasteiger partial charge in [-0.15, -0.1) is 0 Å². The van der Waals surface area contributed by atoms with Crippen LogP contribution < -0.4 is 10.6 Å². The number of nitrogens with one attached hydrogen (secondary N) is 2. The van der Waals surface area contributed by atoms with E-state index >= 15 is 0 Å². The molecular weight excluding hydrogens is 368 g/mol. The van der Waals surface area contributed by atoms with Crippen molar-refractivity contribution in [2.24, 2.45) is 0 Å². The first-order chi connectivity index (χ1) is 12.4. The Bertz CT molecular complexity index is 689. The highest BCUT2D eigenvalue weighted by Crippen LogP contribution is 2.27. The lowest BCUT2D eigenvalue weighted by atomic mass is 10.1. The number of carbonyl (C=O) groups excluding carboxylic acids is 2. The molecule has 0 bridgehead atoms. The van der Waals surface area contributed by atoms with E-state index < -0.39 is 58.2 Å². The molecule has 0 saturated heterocycles. The highest BCUT2D eigenvalue weighted by atomic mass is 19.2. The summed E-state index contributed by atoms with van der Waals surface area (Å²) in [6, 6.07) is -1.20. The highest BCUT2D eigenvalue weighted by Gasteiger charge is 2.28. The van der Waals surface area contributed by atoms with E-state index in [4.69, 9.17) is 4.74 Å². The molecule has 2 amide bonds. The molecular formula is C18H24F4N2O3. The Morgan fingerprint density at radius 2 is 1.56 bits per heavy atom. The first kappa shape index (κ1) is 22.7. The van der Waals surface area contributed by atoms with Gasteiger partial charge in [-0.25, -0.2) is 22.4 Å². The van der Waals surface area contributed by atoms with Crippen LogP contribution in [-0.4, -0.2) is 23.6 Å². The number of alkyl carbamates (subject to hydrolysis) is 1. The molecule has 0 saturated carbocycles. The number of anilines is 1. The summed E-state index contributed by atoms with van der Waals surface area (Å²) in [5.74, 6) is -7.66. The van der Waals surface area contributed by atoms with Crippen LogP contribution in [0.3, 0.4) is 0 Å². The van der Waals surface area contributed by atoms with Crippen molar-refractivity contribution in [1.82, 2.24) is 5.32 Å². The molecule has 0 spiro atoms. The number of hydrogen-bond donors (Lipinski definition) is 2. The maximum atomic E-state index is 14.0. The molecule has 9 heteroatoms. The van der Waals surface area contributed by atoms with Crippen LogP contribution in [0.5, 0.6) is 0 Å². The normalized spacial score (nSPS) is 12.5. The number of rotatable bonds is 6. The SMILES string of the molecule is CCCC[C@H](NC(=O)OC(C)(C)C)C(=O)Nc1c(F)c(F)c(C)c(F)c1F. The predicted octanol–water partition coefficient (Wildman–Crippen LogP) is 4.57. The molecule has 0 radical (unpaired) electrons. The third-order valence-corrected chi connectivity index (χ3v) is 3.58. The van der Waals surface area contributed by atoms with Gasteiger partial charge >= 0.3 is 6.09 Å². The lowest BCUT2D eigenvalue weighted by molar-refractivity contribution is -0.118. The monoisotopic (exact) mass is 392 g/mol. The van der Waals surface area contributed by atoms with Gasteiger partial charge in [0, 0.05) is 5.56 Å². The van der Waals surface area contributed by atoms with Gasteiger partial charge in [0.2, 0.25) is 5.91 Å². The number of benzene rings is 1. The molecule has 1 rings (SSSR count). The number of amides is 2. The Morgan fingerprint density at radius 1 is 1.04 bits per heavy atom. The molecule has 0 aliphatic heterocycles. The Hall–Kier alpha value is -2.32. The second-order valence-corrected chi connectivity index (χ2v) is 7.09. The van der Waals surface area contributed by atoms with Crippen molar-refractivity contribution in [1.29, 1.82) is 0 Å². The number of ether oxygens (including phenoxy) is 1. The third kappa shape index (κ3) is 6.11. The fourth-order valence-electron chi connectivity index (χ4n) is 2.19. The fraction of sp³-hybridized carbons (Fsp3) is 0.556. The quantitative estimate of drug-likeness (QED) is 0.550. The van der Waals surface area contributed by atoms with Gasteiger partial charge in [-0.2, -0.15) is 0 Å². The first-order valence-corrected chi connectivity index (χ1v) is 8.52. The van der Waals surface area contributed by atoms with Gasteiger partial charge in [-0.3, -0.25) is 4.79 Å². The lowest BCUT2D eigenvalue weighted by Crippen LogP contribution is -2.46. The minimum atomic E-state index is -1.72. The van der Waals surface area contributed by atoms with Crippen LogP contribution >= 0.6 is 0 Å². The molecule has 0 aromatic heterocycles. The van der Waals surface area contributed by atoms with Crippen LogP contribution in [0.2, 0.25) is 0 Å². The Balaban J connectivity index is 3.06. The summed E-state index contributed by atoms with van der Waals surface area (Å²) in [7, 11) is 0. The van der Waals surface area contributed by atoms with Crippen molar-refractivity contribution in [3.05, 3.63) is 28.8 Å². The van der Waals surface area contributed by atoms with Gasteiger partial charge in [0.05, 0.1) is 0 Å². The molecule has 1 atom stereocenters. The summed E-state index contributed by atoms with van der Waals surface area (Å²) in [5.41, 5.74) is -2.90. The van der Waals surface area contributed by atoms with E-state index in [1.807, 2.05) is 12.2 Å². The van der Waals surface area contributed by atoms with E-state index in [2.05, 4.69) is 5.32 Å². The van der Waals surface area contributed by atoms with Crippen LogP contribution in [0.15, 0.2) is 0 Å². The van der Waals surface area contributed by atoms with Crippen LogP contribution in [0.25, 0.3) is 0 Å². The topological polar surface area (TPSA) is 67.4 Å². The molecule has 152 valence electrons. The molecule has 0 aliphatic rings. The van der Waals surface area contributed by atoms with Crippen molar-refractivity contribution in [3.63, 3.8) is 0 Å². The smallest absolute Gasteiger partial charge is 0.408 e. The number of carbonyl (C=O) groups is 2. The predicted molar refractivity (Wildman–Crippen MR) is 92.3 cm³/mol. The molecule has 0 fully saturated rings. The van der Waals surface area contributed by atoms with E-state index in [0.717, 1.165) is 6.92 Å². The van der Waals surface area contributed by atoms with E-state index in [9.17, 15) is 27.2 Å². The number of unbranched alkanes of at least 4 members (excludes halogenated alkanes) is 1. The lowest BCUT2D eigenvalue weighted by Gasteiger charge is -2.23. The maximum absolute atomic E-state index is 14.0. The van der Waals surface area contributed by atoms with Gasteiger partial charge in [0.15, 0.2) is 23.3 Å². The van der Waals surface area contributed by atoms with Gasteiger partial charge < -0.3 is 15.4 Å². The summed E-state index contributed by atoms with van der Waals surface area (Å²) in [4.78, 5) is 24.3. The first-order valence-electron chi connectivity index (χ1n) is 8.52. The minimum Gasteiger partial charge on any atom is -0.444 e. The number of halogens is 4. The third-order valence-electron chi connectivity index (χ3n) is 3.58. The van der Waals surface area contributed by atoms with Gasteiger partial charge in [-0.1, -0.05) is 19.8 Å². The molecule has 27 heavy (non-hydrogen) atoms. The zero-order valence-electron chi connectivity index (χ0n) is 15.9. The minimum absolute atomic E-state index is 0.141. The average molecular weight is 392 g/mol. The van der Waals surface area contributed by atoms with Crippen LogP contribution in [0, 0.1) is 30.2 Å². The molecule has 1 aromatic rings. The van der Waals surface area contributed by atoms with Gasteiger partial charge in [0.25, 0.3) is 0 Å². The van der Waals surface area contributed by atoms with Crippen LogP contribution in [0.1, 0.15) is 52.5 Å². The van der Waals surface area contributed by atoms with Crippen LogP contribution in [0.4, 0.5) is 28.0 Å². The molecule has 0 aliphatic carbocycles. The highest BCUT2D eigenvalue weighted by molar-refractivity contribution is 5.96. The second-order valence-electron chi connectivity index (χ2n) is 7.09. The fourth-order valence-corrected chi connectivity index (χ4v) is 2.19. The summed E-state index contributed by atoms with van der Waals surface area (Å²) >= 11 is 0. The second kappa shape index (κ2) is 9.05. The van der Waals surface area contributed by atoms with E-state index in [0.29, 0.717) is 12.8 Å². The summed E-state index contributed by atoms with van der Waals surface area (Å²) < 4.78 is 60.3. The Morgan fingerprint density at radius 3 is 2.00 bits per heavy atom. The largest absolute Gasteiger partial charge is 0.444 e. The number of hydrogen-bond acceptors (Lipinski definition) is 3. The Labute approximate surface area is 155 Å². The standard InChI is InChI=1S/C18H24F4N2O3/c1-6-7-8-10(23-17(26)27-18(3,4)5)16(25)24-15-13(21)11(19)9(2)12(20)14(15)22/h10H,6-8H2,1-5H3,(H,23,26)(H,24,25)/t10-/m0/s1. The molecule has 2 N–H and O–H groups in total. The van der Waals surface area contributed by atoms with Crippen molar-refractivity contribution < 1.29 is 31.9 Å². The van der Waals surface area contributed by atoms with Crippen molar-refractivity contribution >= 4 is 17.7 Å². The molecule has 0 unspecified atom stereocenters. The summed E-state index contributed by atoms with van der Waals surface area (Å²) in [6.07, 6.45) is 0.425. The van der Waals surface area contributed by atoms with Crippen molar-refractivity contribution in [3.8, 4) is 0 Å². The average Bonchev–Trinajstić information content (AvgIpc) is 2.57. The zero-order valence-corrected chi connectivity index (χ0v) is 15.9. The summed E-state index contributed by atoms with van der Waals surface area (Å²) in [5, 5.41) is 4.13. The molecule has 0 heterocycles.